The fourth-order valence-electron chi connectivity index (χ4n) is 2.11. The van der Waals surface area contributed by atoms with Crippen molar-refractivity contribution in [2.45, 2.75) is 13.0 Å². The molecule has 5 heteroatoms. The van der Waals surface area contributed by atoms with E-state index in [4.69, 9.17) is 0 Å². The number of rotatable bonds is 2. The molecule has 0 saturated carbocycles. The summed E-state index contributed by atoms with van der Waals surface area (Å²) in [4.78, 5) is 2.48. The third kappa shape index (κ3) is 3.24. The Balaban J connectivity index is 2.21. The monoisotopic (exact) mass is 458 g/mol. The summed E-state index contributed by atoms with van der Waals surface area (Å²) in [6.45, 7) is 6.56. The largest absolute Gasteiger partial charge is 0.506 e. The zero-order chi connectivity index (χ0) is 12.4. The first kappa shape index (κ1) is 13.8. The maximum atomic E-state index is 9.78. The summed E-state index contributed by atoms with van der Waals surface area (Å²) in [5, 5.41) is 13.2. The molecule has 1 atom stereocenters. The van der Waals surface area contributed by atoms with Gasteiger partial charge in [-0.25, -0.2) is 0 Å². The summed E-state index contributed by atoms with van der Waals surface area (Å²) in [6, 6.07) is 4.59. The third-order valence-electron chi connectivity index (χ3n) is 3.22. The Hall–Kier alpha value is 0.400. The van der Waals surface area contributed by atoms with Gasteiger partial charge in [0.15, 0.2) is 0 Å². The molecule has 0 unspecified atom stereocenters. The molecule has 0 spiro atoms. The molecule has 1 fully saturated rings. The summed E-state index contributed by atoms with van der Waals surface area (Å²) >= 11 is 4.39. The number of aromatic hydroxyl groups is 1. The number of hydrogen-bond acceptors (Lipinski definition) is 3. The highest BCUT2D eigenvalue weighted by molar-refractivity contribution is 14.1. The smallest absolute Gasteiger partial charge is 0.142 e. The highest BCUT2D eigenvalue weighted by atomic mass is 127. The van der Waals surface area contributed by atoms with Crippen molar-refractivity contribution >= 4 is 45.2 Å². The van der Waals surface area contributed by atoms with E-state index in [1.807, 2.05) is 0 Å². The first-order chi connectivity index (χ1) is 8.09. The Morgan fingerprint density at radius 1 is 1.24 bits per heavy atom. The molecule has 0 bridgehead atoms. The van der Waals surface area contributed by atoms with Crippen LogP contribution in [0.2, 0.25) is 0 Å². The molecule has 17 heavy (non-hydrogen) atoms. The predicted octanol–water partition coefficient (Wildman–Crippen LogP) is 2.57. The van der Waals surface area contributed by atoms with Crippen LogP contribution >= 0.6 is 45.2 Å². The van der Waals surface area contributed by atoms with E-state index in [2.05, 4.69) is 74.5 Å². The standard InChI is InChI=1S/C12H16I2N2O/c1-8(16-4-2-15-3-5-16)9-6-10(13)12(17)11(14)7-9/h6-8,15,17H,2-5H2,1H3/t8-/m0/s1. The van der Waals surface area contributed by atoms with Gasteiger partial charge in [0.05, 0.1) is 7.14 Å². The van der Waals surface area contributed by atoms with Crippen molar-refractivity contribution < 1.29 is 5.11 Å². The lowest BCUT2D eigenvalue weighted by Crippen LogP contribution is -2.44. The normalized spacial score (nSPS) is 19.2. The number of nitrogens with zero attached hydrogens (tertiary/aromatic N) is 1. The van der Waals surface area contributed by atoms with Crippen LogP contribution in [-0.2, 0) is 0 Å². The fraction of sp³-hybridized carbons (Fsp3) is 0.500. The van der Waals surface area contributed by atoms with Crippen LogP contribution in [-0.4, -0.2) is 36.2 Å². The van der Waals surface area contributed by atoms with E-state index < -0.39 is 0 Å². The Bertz CT molecular complexity index is 382. The molecular weight excluding hydrogens is 442 g/mol. The number of halogens is 2. The first-order valence-corrected chi connectivity index (χ1v) is 7.88. The van der Waals surface area contributed by atoms with Crippen LogP contribution in [0.25, 0.3) is 0 Å². The highest BCUT2D eigenvalue weighted by Crippen LogP contribution is 2.31. The van der Waals surface area contributed by atoms with Gasteiger partial charge in [-0.1, -0.05) is 0 Å². The van der Waals surface area contributed by atoms with Gasteiger partial charge in [0.1, 0.15) is 5.75 Å². The number of nitrogens with one attached hydrogen (secondary N) is 1. The van der Waals surface area contributed by atoms with Crippen molar-refractivity contribution in [1.82, 2.24) is 10.2 Å². The molecular formula is C12H16I2N2O. The molecule has 1 aliphatic heterocycles. The molecule has 0 aliphatic carbocycles. The van der Waals surface area contributed by atoms with Gasteiger partial charge in [0.2, 0.25) is 0 Å². The van der Waals surface area contributed by atoms with Crippen molar-refractivity contribution in [3.8, 4) is 5.75 Å². The van der Waals surface area contributed by atoms with Gasteiger partial charge < -0.3 is 10.4 Å². The van der Waals surface area contributed by atoms with E-state index in [9.17, 15) is 5.11 Å². The second-order valence-corrected chi connectivity index (χ2v) is 6.62. The summed E-state index contributed by atoms with van der Waals surface area (Å²) < 4.78 is 1.87. The van der Waals surface area contributed by atoms with Crippen molar-refractivity contribution in [3.05, 3.63) is 24.8 Å². The van der Waals surface area contributed by atoms with Crippen molar-refractivity contribution in [2.24, 2.45) is 0 Å². The Morgan fingerprint density at radius 3 is 2.29 bits per heavy atom. The van der Waals surface area contributed by atoms with Crippen LogP contribution in [0, 0.1) is 7.14 Å². The summed E-state index contributed by atoms with van der Waals surface area (Å²) in [7, 11) is 0. The zero-order valence-electron chi connectivity index (χ0n) is 9.71. The van der Waals surface area contributed by atoms with Gasteiger partial charge in [0.25, 0.3) is 0 Å². The van der Waals surface area contributed by atoms with Gasteiger partial charge in [-0.3, -0.25) is 4.90 Å². The van der Waals surface area contributed by atoms with Gasteiger partial charge >= 0.3 is 0 Å². The fourth-order valence-corrected chi connectivity index (χ4v) is 3.92. The molecule has 1 saturated heterocycles. The summed E-state index contributed by atoms with van der Waals surface area (Å²) in [5.74, 6) is 0.405. The lowest BCUT2D eigenvalue weighted by molar-refractivity contribution is 0.185. The van der Waals surface area contributed by atoms with Crippen LogP contribution in [0.15, 0.2) is 12.1 Å². The maximum Gasteiger partial charge on any atom is 0.142 e. The van der Waals surface area contributed by atoms with Crippen molar-refractivity contribution in [1.29, 1.82) is 0 Å². The maximum absolute atomic E-state index is 9.78. The van der Waals surface area contributed by atoms with Crippen LogP contribution in [0.5, 0.6) is 5.75 Å². The SMILES string of the molecule is C[C@@H](c1cc(I)c(O)c(I)c1)N1CCNCC1. The molecule has 1 aromatic carbocycles. The number of hydrogen-bond donors (Lipinski definition) is 2. The second-order valence-electron chi connectivity index (χ2n) is 4.30. The number of phenols is 1. The van der Waals surface area contributed by atoms with Gasteiger partial charge in [-0.2, -0.15) is 0 Å². The Labute approximate surface area is 129 Å². The molecule has 0 radical (unpaired) electrons. The van der Waals surface area contributed by atoms with E-state index in [0.717, 1.165) is 33.3 Å². The average Bonchev–Trinajstić information content (AvgIpc) is 2.35. The molecule has 1 aliphatic rings. The molecule has 0 amide bonds. The first-order valence-electron chi connectivity index (χ1n) is 5.72. The molecule has 3 nitrogen and oxygen atoms in total. The van der Waals surface area contributed by atoms with E-state index in [1.54, 1.807) is 0 Å². The number of benzene rings is 1. The van der Waals surface area contributed by atoms with Crippen LogP contribution in [0.1, 0.15) is 18.5 Å². The molecule has 94 valence electrons. The number of phenolic OH excluding ortho intramolecular Hbond substituents is 1. The average molecular weight is 458 g/mol. The number of piperazine rings is 1. The lowest BCUT2D eigenvalue weighted by atomic mass is 10.1. The van der Waals surface area contributed by atoms with Gasteiger partial charge in [0, 0.05) is 32.2 Å². The van der Waals surface area contributed by atoms with Crippen LogP contribution in [0.4, 0.5) is 0 Å². The third-order valence-corrected chi connectivity index (χ3v) is 4.87. The van der Waals surface area contributed by atoms with Crippen LogP contribution < -0.4 is 5.32 Å². The summed E-state index contributed by atoms with van der Waals surface area (Å²) in [5.41, 5.74) is 1.29. The quantitative estimate of drug-likeness (QED) is 0.670. The van der Waals surface area contributed by atoms with E-state index in [1.165, 1.54) is 5.56 Å². The van der Waals surface area contributed by atoms with Gasteiger partial charge in [-0.05, 0) is 69.8 Å². The molecule has 2 N–H and O–H groups in total. The lowest BCUT2D eigenvalue weighted by Gasteiger charge is -2.33. The highest BCUT2D eigenvalue weighted by Gasteiger charge is 2.19. The van der Waals surface area contributed by atoms with E-state index in [0.29, 0.717) is 11.8 Å². The Morgan fingerprint density at radius 2 is 1.76 bits per heavy atom. The van der Waals surface area contributed by atoms with Gasteiger partial charge in [-0.15, -0.1) is 0 Å². The van der Waals surface area contributed by atoms with Crippen LogP contribution in [0.3, 0.4) is 0 Å². The second kappa shape index (κ2) is 6.03. The van der Waals surface area contributed by atoms with E-state index >= 15 is 0 Å². The zero-order valence-corrected chi connectivity index (χ0v) is 14.0. The minimum Gasteiger partial charge on any atom is -0.506 e. The predicted molar refractivity (Wildman–Crippen MR) is 86.4 cm³/mol. The summed E-state index contributed by atoms with van der Waals surface area (Å²) in [6.07, 6.45) is 0. The minimum atomic E-state index is 0.405. The molecule has 2 rings (SSSR count). The molecule has 1 heterocycles. The Kier molecular flexibility index (Phi) is 4.90. The van der Waals surface area contributed by atoms with Crippen molar-refractivity contribution in [3.63, 3.8) is 0 Å². The topological polar surface area (TPSA) is 35.5 Å². The molecule has 0 aromatic heterocycles. The molecule has 1 aromatic rings. The minimum absolute atomic E-state index is 0.405. The van der Waals surface area contributed by atoms with E-state index in [-0.39, 0.29) is 0 Å². The van der Waals surface area contributed by atoms with Crippen molar-refractivity contribution in [2.75, 3.05) is 26.2 Å².